The molecule has 0 aromatic heterocycles. The van der Waals surface area contributed by atoms with Gasteiger partial charge in [-0.2, -0.15) is 0 Å². The third-order valence-corrected chi connectivity index (χ3v) is 4.89. The number of ketones is 1. The summed E-state index contributed by atoms with van der Waals surface area (Å²) in [5.41, 5.74) is 3.07. The number of benzene rings is 2. The number of aryl methyl sites for hydroxylation is 1. The molecule has 0 saturated heterocycles. The zero-order chi connectivity index (χ0) is 18.0. The first-order valence-electron chi connectivity index (χ1n) is 8.19. The van der Waals surface area contributed by atoms with E-state index in [1.165, 1.54) is 6.07 Å². The highest BCUT2D eigenvalue weighted by molar-refractivity contribution is 6.34. The minimum atomic E-state index is -0.338. The number of anilines is 1. The lowest BCUT2D eigenvalue weighted by atomic mass is 9.81. The molecule has 1 amide bonds. The van der Waals surface area contributed by atoms with Crippen LogP contribution < -0.4 is 5.32 Å². The molecular formula is C20H17ClN2O2. The number of carbonyl (C=O) groups is 2. The molecule has 4 nitrogen and oxygen atoms in total. The van der Waals surface area contributed by atoms with Gasteiger partial charge in [0.15, 0.2) is 11.5 Å². The van der Waals surface area contributed by atoms with Crippen LogP contribution in [0.25, 0.3) is 4.85 Å². The molecule has 5 heteroatoms. The molecule has 1 unspecified atom stereocenters. The lowest BCUT2D eigenvalue weighted by molar-refractivity contribution is 0.0898. The summed E-state index contributed by atoms with van der Waals surface area (Å²) in [5, 5.41) is 3.06. The highest BCUT2D eigenvalue weighted by atomic mass is 35.5. The number of fused-ring (bicyclic) bond motifs is 1. The summed E-state index contributed by atoms with van der Waals surface area (Å²) < 4.78 is 0. The van der Waals surface area contributed by atoms with Crippen LogP contribution in [0.3, 0.4) is 0 Å². The Hall–Kier alpha value is -2.64. The summed E-state index contributed by atoms with van der Waals surface area (Å²) in [5.74, 6) is -0.0397. The lowest BCUT2D eigenvalue weighted by Crippen LogP contribution is -2.22. The van der Waals surface area contributed by atoms with Crippen molar-refractivity contribution in [3.63, 3.8) is 0 Å². The van der Waals surface area contributed by atoms with Crippen molar-refractivity contribution in [2.24, 2.45) is 5.92 Å². The van der Waals surface area contributed by atoms with Gasteiger partial charge in [0.05, 0.1) is 12.1 Å². The number of rotatable bonds is 3. The molecule has 2 aromatic carbocycles. The fraction of sp³-hybridized carbons (Fsp3) is 0.250. The van der Waals surface area contributed by atoms with Crippen LogP contribution in [-0.4, -0.2) is 11.7 Å². The second kappa shape index (κ2) is 7.08. The molecule has 0 radical (unpaired) electrons. The number of hydrogen-bond donors (Lipinski definition) is 1. The first-order valence-corrected chi connectivity index (χ1v) is 8.56. The van der Waals surface area contributed by atoms with Gasteiger partial charge in [0.1, 0.15) is 0 Å². The maximum atomic E-state index is 12.4. The molecule has 0 bridgehead atoms. The maximum absolute atomic E-state index is 12.4. The summed E-state index contributed by atoms with van der Waals surface area (Å²) in [6.45, 7) is 9.00. The van der Waals surface area contributed by atoms with Crippen LogP contribution in [0.5, 0.6) is 0 Å². The summed E-state index contributed by atoms with van der Waals surface area (Å²) in [6, 6.07) is 9.97. The lowest BCUT2D eigenvalue weighted by Gasteiger charge is -2.22. The number of nitrogens with one attached hydrogen (secondary N) is 1. The Morgan fingerprint density at radius 3 is 2.80 bits per heavy atom. The largest absolute Gasteiger partial charge is 0.322 e. The van der Waals surface area contributed by atoms with Crippen LogP contribution in [0.4, 0.5) is 11.4 Å². The van der Waals surface area contributed by atoms with E-state index in [-0.39, 0.29) is 22.6 Å². The molecule has 0 fully saturated rings. The van der Waals surface area contributed by atoms with Crippen LogP contribution in [0.1, 0.15) is 46.0 Å². The monoisotopic (exact) mass is 352 g/mol. The predicted octanol–water partition coefficient (Wildman–Crippen LogP) is 5.30. The molecule has 0 heterocycles. The van der Waals surface area contributed by atoms with Gasteiger partial charge in [0.2, 0.25) is 0 Å². The fourth-order valence-corrected chi connectivity index (χ4v) is 3.41. The van der Waals surface area contributed by atoms with Gasteiger partial charge in [-0.1, -0.05) is 30.7 Å². The Kier molecular flexibility index (Phi) is 4.87. The molecule has 0 spiro atoms. The van der Waals surface area contributed by atoms with Crippen LogP contribution >= 0.6 is 11.6 Å². The zero-order valence-corrected chi connectivity index (χ0v) is 14.6. The summed E-state index contributed by atoms with van der Waals surface area (Å²) in [6.07, 6.45) is 2.54. The first-order chi connectivity index (χ1) is 12.0. The van der Waals surface area contributed by atoms with Crippen molar-refractivity contribution in [2.45, 2.75) is 26.2 Å². The van der Waals surface area contributed by atoms with E-state index < -0.39 is 0 Å². The minimum absolute atomic E-state index is 0.104. The second-order valence-electron chi connectivity index (χ2n) is 6.11. The third-order valence-electron chi connectivity index (χ3n) is 4.58. The van der Waals surface area contributed by atoms with E-state index in [1.54, 1.807) is 24.3 Å². The summed E-state index contributed by atoms with van der Waals surface area (Å²) in [7, 11) is 0. The van der Waals surface area contributed by atoms with Crippen LogP contribution in [0, 0.1) is 12.5 Å². The molecule has 1 atom stereocenters. The fourth-order valence-electron chi connectivity index (χ4n) is 3.15. The van der Waals surface area contributed by atoms with Gasteiger partial charge in [-0.3, -0.25) is 9.59 Å². The predicted molar refractivity (Wildman–Crippen MR) is 98.5 cm³/mol. The number of carbonyl (C=O) groups excluding carboxylic acids is 2. The Morgan fingerprint density at radius 1 is 1.32 bits per heavy atom. The van der Waals surface area contributed by atoms with Crippen molar-refractivity contribution >= 4 is 34.7 Å². The van der Waals surface area contributed by atoms with Crippen molar-refractivity contribution in [2.75, 3.05) is 5.32 Å². The zero-order valence-electron chi connectivity index (χ0n) is 13.8. The molecule has 3 rings (SSSR count). The molecule has 0 saturated carbocycles. The van der Waals surface area contributed by atoms with Crippen LogP contribution in [0.2, 0.25) is 5.02 Å². The van der Waals surface area contributed by atoms with E-state index >= 15 is 0 Å². The highest BCUT2D eigenvalue weighted by Gasteiger charge is 2.26. The van der Waals surface area contributed by atoms with Crippen molar-refractivity contribution < 1.29 is 9.59 Å². The Balaban J connectivity index is 1.81. The van der Waals surface area contributed by atoms with E-state index in [0.29, 0.717) is 16.9 Å². The first kappa shape index (κ1) is 17.2. The van der Waals surface area contributed by atoms with E-state index in [1.807, 2.05) is 13.0 Å². The number of nitrogens with zero attached hydrogens (tertiary/aromatic N) is 1. The Morgan fingerprint density at radius 2 is 2.12 bits per heavy atom. The van der Waals surface area contributed by atoms with E-state index in [0.717, 1.165) is 30.4 Å². The van der Waals surface area contributed by atoms with E-state index in [9.17, 15) is 9.59 Å². The van der Waals surface area contributed by atoms with Crippen LogP contribution in [0.15, 0.2) is 36.4 Å². The van der Waals surface area contributed by atoms with Gasteiger partial charge in [0.25, 0.3) is 5.91 Å². The van der Waals surface area contributed by atoms with Crippen molar-refractivity contribution in [3.05, 3.63) is 69.5 Å². The quantitative estimate of drug-likeness (QED) is 0.762. The molecule has 1 N–H and O–H groups in total. The maximum Gasteiger partial charge on any atom is 0.257 e. The van der Waals surface area contributed by atoms with Gasteiger partial charge in [-0.15, -0.1) is 0 Å². The summed E-state index contributed by atoms with van der Waals surface area (Å²) in [4.78, 5) is 28.1. The normalized spacial score (nSPS) is 16.0. The second-order valence-corrected chi connectivity index (χ2v) is 6.52. The van der Waals surface area contributed by atoms with E-state index in [2.05, 4.69) is 10.2 Å². The van der Waals surface area contributed by atoms with Crippen molar-refractivity contribution in [3.8, 4) is 0 Å². The Labute approximate surface area is 151 Å². The highest BCUT2D eigenvalue weighted by Crippen LogP contribution is 2.30. The summed E-state index contributed by atoms with van der Waals surface area (Å²) >= 11 is 6.09. The van der Waals surface area contributed by atoms with Crippen molar-refractivity contribution in [1.29, 1.82) is 0 Å². The molecular weight excluding hydrogens is 336 g/mol. The number of Topliss-reactive ketones (excluding diaryl/α,β-unsaturated/α-hetero) is 1. The minimum Gasteiger partial charge on any atom is -0.322 e. The van der Waals surface area contributed by atoms with Gasteiger partial charge in [0, 0.05) is 22.2 Å². The van der Waals surface area contributed by atoms with Crippen LogP contribution in [-0.2, 0) is 6.42 Å². The van der Waals surface area contributed by atoms with Gasteiger partial charge in [-0.05, 0) is 49.1 Å². The molecule has 126 valence electrons. The Bertz CT molecular complexity index is 899. The van der Waals surface area contributed by atoms with Gasteiger partial charge in [-0.25, -0.2) is 4.85 Å². The molecule has 1 aliphatic rings. The average molecular weight is 353 g/mol. The molecule has 2 aromatic rings. The molecule has 25 heavy (non-hydrogen) atoms. The smallest absolute Gasteiger partial charge is 0.257 e. The number of hydrogen-bond acceptors (Lipinski definition) is 2. The number of halogens is 1. The van der Waals surface area contributed by atoms with Crippen molar-refractivity contribution in [1.82, 2.24) is 0 Å². The number of amides is 1. The average Bonchev–Trinajstić information content (AvgIpc) is 2.61. The van der Waals surface area contributed by atoms with Gasteiger partial charge < -0.3 is 5.32 Å². The SMILES string of the molecule is [C-]#[N+]c1ccc(C(=O)Nc2ccc3c(c2)CCC(CC)C3=O)c(Cl)c1. The molecule has 1 aliphatic carbocycles. The standard InChI is InChI=1S/C20H17ClN2O2/c1-3-12-4-5-13-10-15(7-8-16(13)19(12)24)23-20(25)17-9-6-14(22-2)11-18(17)21/h6-12H,3-5H2,1H3,(H,23,25). The van der Waals surface area contributed by atoms with Gasteiger partial charge >= 0.3 is 0 Å². The third kappa shape index (κ3) is 3.42. The molecule has 0 aliphatic heterocycles. The van der Waals surface area contributed by atoms with E-state index in [4.69, 9.17) is 18.2 Å². The topological polar surface area (TPSA) is 50.5 Å².